The number of cyclic esters (lactones) is 1. The third kappa shape index (κ3) is 3.80. The molecule has 0 radical (unpaired) electrons. The lowest BCUT2D eigenvalue weighted by Gasteiger charge is -2.55. The van der Waals surface area contributed by atoms with Gasteiger partial charge in [0, 0.05) is 11.6 Å². The maximum Gasteiger partial charge on any atom is 0.333 e. The number of rotatable bonds is 4. The van der Waals surface area contributed by atoms with E-state index in [4.69, 9.17) is 9.47 Å². The van der Waals surface area contributed by atoms with E-state index in [0.717, 1.165) is 24.3 Å². The van der Waals surface area contributed by atoms with Gasteiger partial charge in [0.25, 0.3) is 0 Å². The molecule has 4 rings (SSSR count). The highest BCUT2D eigenvalue weighted by molar-refractivity contribution is 5.85. The first-order valence-electron chi connectivity index (χ1n) is 11.4. The zero-order valence-corrected chi connectivity index (χ0v) is 18.7. The molecule has 0 spiro atoms. The predicted molar refractivity (Wildman–Crippen MR) is 114 cm³/mol. The molecular weight excluding hydrogens is 380 g/mol. The number of ether oxygens (including phenoxy) is 2. The largest absolute Gasteiger partial charge is 0.429 e. The Kier molecular flexibility index (Phi) is 5.75. The number of hydrogen-bond acceptors (Lipinski definition) is 5. The van der Waals surface area contributed by atoms with Gasteiger partial charge in [-0.1, -0.05) is 44.4 Å². The van der Waals surface area contributed by atoms with Crippen LogP contribution in [0.25, 0.3) is 0 Å². The Morgan fingerprint density at radius 2 is 1.90 bits per heavy atom. The Morgan fingerprint density at radius 1 is 1.13 bits per heavy atom. The summed E-state index contributed by atoms with van der Waals surface area (Å²) in [6, 6.07) is 0. The van der Waals surface area contributed by atoms with Crippen molar-refractivity contribution in [2.75, 3.05) is 0 Å². The van der Waals surface area contributed by atoms with E-state index >= 15 is 0 Å². The minimum Gasteiger partial charge on any atom is -0.429 e. The first-order valence-corrected chi connectivity index (χ1v) is 11.4. The maximum absolute atomic E-state index is 11.4. The van der Waals surface area contributed by atoms with Gasteiger partial charge in [-0.2, -0.15) is 0 Å². The number of aliphatic hydroxyl groups excluding tert-OH is 2. The monoisotopic (exact) mass is 416 g/mol. The van der Waals surface area contributed by atoms with E-state index in [-0.39, 0.29) is 5.41 Å². The van der Waals surface area contributed by atoms with Crippen LogP contribution in [-0.4, -0.2) is 34.9 Å². The summed E-state index contributed by atoms with van der Waals surface area (Å²) >= 11 is 0. The summed E-state index contributed by atoms with van der Waals surface area (Å²) in [7, 11) is 0. The summed E-state index contributed by atoms with van der Waals surface area (Å²) in [5, 5.41) is 20.4. The van der Waals surface area contributed by atoms with Crippen molar-refractivity contribution < 1.29 is 24.5 Å². The minimum absolute atomic E-state index is 0.254. The quantitative estimate of drug-likeness (QED) is 0.520. The Hall–Kier alpha value is -1.43. The standard InChI is InChI=1S/C25H36O5/c1-15-6-11-20-24(2,3)12-5-13-25(20,4)18(15)9-7-16-8-10-19(29-22(16)27)17-14-21(26)30-23(17)28/h8,14,19-20,22-23,27-28H,5-7,9-13H2,1-4H3. The van der Waals surface area contributed by atoms with Crippen LogP contribution in [0.5, 0.6) is 0 Å². The normalized spacial score (nSPS) is 38.7. The fourth-order valence-corrected chi connectivity index (χ4v) is 6.73. The van der Waals surface area contributed by atoms with E-state index < -0.39 is 24.7 Å². The zero-order valence-electron chi connectivity index (χ0n) is 18.7. The van der Waals surface area contributed by atoms with Crippen LogP contribution in [-0.2, 0) is 14.3 Å². The van der Waals surface area contributed by atoms with Gasteiger partial charge < -0.3 is 19.7 Å². The van der Waals surface area contributed by atoms with Crippen molar-refractivity contribution in [2.24, 2.45) is 16.7 Å². The lowest BCUT2D eigenvalue weighted by molar-refractivity contribution is -0.155. The molecule has 2 N–H and O–H groups in total. The topological polar surface area (TPSA) is 76.0 Å². The van der Waals surface area contributed by atoms with Crippen LogP contribution >= 0.6 is 0 Å². The zero-order chi connectivity index (χ0) is 21.7. The van der Waals surface area contributed by atoms with Crippen LogP contribution in [0.2, 0.25) is 0 Å². The van der Waals surface area contributed by atoms with E-state index in [1.807, 2.05) is 6.08 Å². The molecule has 0 bridgehead atoms. The van der Waals surface area contributed by atoms with Crippen molar-refractivity contribution >= 4 is 5.97 Å². The van der Waals surface area contributed by atoms with Gasteiger partial charge in [0.15, 0.2) is 6.29 Å². The summed E-state index contributed by atoms with van der Waals surface area (Å²) in [6.07, 6.45) is 9.05. The first kappa shape index (κ1) is 21.8. The predicted octanol–water partition coefficient (Wildman–Crippen LogP) is 4.54. The van der Waals surface area contributed by atoms with Crippen molar-refractivity contribution in [3.05, 3.63) is 34.4 Å². The summed E-state index contributed by atoms with van der Waals surface area (Å²) in [5.74, 6) is 0.153. The Morgan fingerprint density at radius 3 is 2.57 bits per heavy atom. The molecule has 2 aliphatic carbocycles. The molecule has 0 aromatic heterocycles. The molecule has 30 heavy (non-hydrogen) atoms. The average molecular weight is 417 g/mol. The fraction of sp³-hybridized carbons (Fsp3) is 0.720. The van der Waals surface area contributed by atoms with Crippen LogP contribution in [0.1, 0.15) is 79.1 Å². The third-order valence-electron chi connectivity index (χ3n) is 8.28. The van der Waals surface area contributed by atoms with Gasteiger partial charge in [-0.25, -0.2) is 4.79 Å². The first-order chi connectivity index (χ1) is 14.1. The SMILES string of the molecule is CC1=C(CCC2=CCC(C3=CC(=O)OC3O)OC2O)C2(C)CCCC(C)(C)C2CC1. The molecule has 0 aromatic rings. The number of aliphatic hydroxyl groups is 2. The van der Waals surface area contributed by atoms with Gasteiger partial charge >= 0.3 is 5.97 Å². The molecule has 5 nitrogen and oxygen atoms in total. The molecular formula is C25H36O5. The number of hydrogen-bond donors (Lipinski definition) is 2. The molecule has 1 fully saturated rings. The third-order valence-corrected chi connectivity index (χ3v) is 8.28. The lowest BCUT2D eigenvalue weighted by Crippen LogP contribution is -2.45. The summed E-state index contributed by atoms with van der Waals surface area (Å²) in [6.45, 7) is 9.64. The minimum atomic E-state index is -1.27. The Bertz CT molecular complexity index is 804. The maximum atomic E-state index is 11.4. The highest BCUT2D eigenvalue weighted by Crippen LogP contribution is 2.60. The van der Waals surface area contributed by atoms with Crippen LogP contribution < -0.4 is 0 Å². The molecule has 0 amide bonds. The second-order valence-electron chi connectivity index (χ2n) is 10.5. The van der Waals surface area contributed by atoms with E-state index in [1.165, 1.54) is 43.8 Å². The average Bonchev–Trinajstić information content (AvgIpc) is 2.99. The lowest BCUT2D eigenvalue weighted by atomic mass is 9.50. The van der Waals surface area contributed by atoms with Crippen LogP contribution in [0.3, 0.4) is 0 Å². The van der Waals surface area contributed by atoms with Gasteiger partial charge in [-0.05, 0) is 74.2 Å². The molecule has 1 saturated carbocycles. The molecule has 5 atom stereocenters. The second kappa shape index (κ2) is 7.92. The summed E-state index contributed by atoms with van der Waals surface area (Å²) in [4.78, 5) is 11.4. The van der Waals surface area contributed by atoms with Gasteiger partial charge in [0.2, 0.25) is 6.29 Å². The molecule has 5 heteroatoms. The van der Waals surface area contributed by atoms with Crippen LogP contribution in [0.15, 0.2) is 34.4 Å². The molecule has 166 valence electrons. The Balaban J connectivity index is 1.46. The highest BCUT2D eigenvalue weighted by atomic mass is 16.6. The highest BCUT2D eigenvalue weighted by Gasteiger charge is 2.49. The van der Waals surface area contributed by atoms with Crippen LogP contribution in [0, 0.1) is 16.7 Å². The molecule has 4 aliphatic rings. The van der Waals surface area contributed by atoms with E-state index in [1.54, 1.807) is 5.57 Å². The van der Waals surface area contributed by atoms with Crippen molar-refractivity contribution in [3.63, 3.8) is 0 Å². The smallest absolute Gasteiger partial charge is 0.333 e. The molecule has 2 heterocycles. The van der Waals surface area contributed by atoms with Gasteiger partial charge in [0.1, 0.15) is 0 Å². The van der Waals surface area contributed by atoms with E-state index in [0.29, 0.717) is 17.4 Å². The number of esters is 1. The number of carbonyl (C=O) groups is 1. The Labute approximate surface area is 179 Å². The molecule has 0 aromatic carbocycles. The van der Waals surface area contributed by atoms with Crippen LogP contribution in [0.4, 0.5) is 0 Å². The number of allylic oxidation sites excluding steroid dienone is 2. The van der Waals surface area contributed by atoms with Gasteiger partial charge in [-0.3, -0.25) is 0 Å². The summed E-state index contributed by atoms with van der Waals surface area (Å²) in [5.41, 5.74) is 5.05. The number of fused-ring (bicyclic) bond motifs is 1. The molecule has 5 unspecified atom stereocenters. The molecule has 0 saturated heterocycles. The summed E-state index contributed by atoms with van der Waals surface area (Å²) < 4.78 is 10.5. The fourth-order valence-electron chi connectivity index (χ4n) is 6.73. The van der Waals surface area contributed by atoms with Crippen molar-refractivity contribution in [1.82, 2.24) is 0 Å². The van der Waals surface area contributed by atoms with Crippen molar-refractivity contribution in [1.29, 1.82) is 0 Å². The molecule has 2 aliphatic heterocycles. The van der Waals surface area contributed by atoms with Gasteiger partial charge in [0.05, 0.1) is 6.10 Å². The number of carbonyl (C=O) groups excluding carboxylic acids is 1. The van der Waals surface area contributed by atoms with Crippen molar-refractivity contribution in [2.45, 2.75) is 97.7 Å². The second-order valence-corrected chi connectivity index (χ2v) is 10.5. The van der Waals surface area contributed by atoms with E-state index in [9.17, 15) is 15.0 Å². The van der Waals surface area contributed by atoms with Crippen molar-refractivity contribution in [3.8, 4) is 0 Å². The van der Waals surface area contributed by atoms with Gasteiger partial charge in [-0.15, -0.1) is 0 Å². The van der Waals surface area contributed by atoms with E-state index in [2.05, 4.69) is 27.7 Å².